The van der Waals surface area contributed by atoms with Gasteiger partial charge in [0.2, 0.25) is 13.3 Å². The van der Waals surface area contributed by atoms with Gasteiger partial charge in [0.15, 0.2) is 18.4 Å². The Hall–Kier alpha value is -2.58. The van der Waals surface area contributed by atoms with Crippen molar-refractivity contribution >= 4 is 58.3 Å². The standard InChI is InChI=1S/C25H25ClF2NO5PS/c1-25(2,3)24(31)33-14-34-35(4,32)22(18-13-36-21-8-6-16(26)12-17(18)21)23(30)29-10-9-15-5-7-19(27)20(28)11-15/h5-13,22H,14H2,1-4H3,(H,29,30). The van der Waals surface area contributed by atoms with Crippen molar-refractivity contribution in [3.63, 3.8) is 0 Å². The average Bonchev–Trinajstić information content (AvgIpc) is 3.17. The Morgan fingerprint density at radius 1 is 1.17 bits per heavy atom. The van der Waals surface area contributed by atoms with Gasteiger partial charge in [-0.3, -0.25) is 18.7 Å². The van der Waals surface area contributed by atoms with Gasteiger partial charge in [-0.2, -0.15) is 0 Å². The van der Waals surface area contributed by atoms with E-state index in [1.807, 2.05) is 0 Å². The Kier molecular flexibility index (Phi) is 8.72. The number of hydrogen-bond acceptors (Lipinski definition) is 6. The SMILES string of the molecule is CC(C)(C)C(=O)OCOP(C)(=O)C(C(=O)NC=Cc1ccc(F)c(F)c1)c1csc2ccc(Cl)cc12. The van der Waals surface area contributed by atoms with Gasteiger partial charge in [0.25, 0.3) is 0 Å². The molecule has 0 radical (unpaired) electrons. The van der Waals surface area contributed by atoms with E-state index in [1.165, 1.54) is 36.3 Å². The van der Waals surface area contributed by atoms with Gasteiger partial charge in [0.1, 0.15) is 5.66 Å². The fourth-order valence-corrected chi connectivity index (χ4v) is 6.10. The topological polar surface area (TPSA) is 81.7 Å². The molecular weight excluding hydrogens is 531 g/mol. The van der Waals surface area contributed by atoms with Crippen LogP contribution in [0.15, 0.2) is 48.0 Å². The molecule has 3 rings (SSSR count). The highest BCUT2D eigenvalue weighted by Gasteiger charge is 2.39. The molecule has 0 aliphatic heterocycles. The molecule has 1 amide bonds. The maximum atomic E-state index is 13.7. The number of benzene rings is 2. The van der Waals surface area contributed by atoms with Crippen molar-refractivity contribution < 1.29 is 32.2 Å². The van der Waals surface area contributed by atoms with E-state index in [2.05, 4.69) is 5.32 Å². The number of halogens is 3. The second-order valence-electron chi connectivity index (χ2n) is 9.09. The van der Waals surface area contributed by atoms with E-state index in [9.17, 15) is 22.9 Å². The minimum atomic E-state index is -3.77. The van der Waals surface area contributed by atoms with E-state index in [0.29, 0.717) is 21.5 Å². The molecule has 1 aromatic heterocycles. The summed E-state index contributed by atoms with van der Waals surface area (Å²) in [6, 6.07) is 8.44. The van der Waals surface area contributed by atoms with Crippen molar-refractivity contribution in [2.75, 3.05) is 13.5 Å². The number of carbonyl (C=O) groups is 2. The van der Waals surface area contributed by atoms with Gasteiger partial charge in [-0.15, -0.1) is 11.3 Å². The third-order valence-corrected chi connectivity index (χ3v) is 8.42. The number of thiophene rings is 1. The second-order valence-corrected chi connectivity index (χ2v) is 13.0. The average molecular weight is 556 g/mol. The fraction of sp³-hybridized carbons (Fsp3) is 0.280. The van der Waals surface area contributed by atoms with Crippen LogP contribution in [0.1, 0.15) is 37.6 Å². The molecule has 0 aliphatic carbocycles. The van der Waals surface area contributed by atoms with Crippen LogP contribution in [-0.4, -0.2) is 25.3 Å². The smallest absolute Gasteiger partial charge is 0.313 e. The third-order valence-electron chi connectivity index (χ3n) is 5.13. The highest BCUT2D eigenvalue weighted by atomic mass is 35.5. The van der Waals surface area contributed by atoms with Crippen LogP contribution in [0.3, 0.4) is 0 Å². The van der Waals surface area contributed by atoms with Gasteiger partial charge in [0.05, 0.1) is 5.41 Å². The maximum absolute atomic E-state index is 13.7. The summed E-state index contributed by atoms with van der Waals surface area (Å²) in [5, 5.41) is 5.31. The van der Waals surface area contributed by atoms with E-state index in [4.69, 9.17) is 20.9 Å². The molecule has 192 valence electrons. The lowest BCUT2D eigenvalue weighted by Gasteiger charge is -2.24. The van der Waals surface area contributed by atoms with Crippen LogP contribution in [0.2, 0.25) is 5.02 Å². The largest absolute Gasteiger partial charge is 0.438 e. The number of carbonyl (C=O) groups excluding carboxylic acids is 2. The van der Waals surface area contributed by atoms with Crippen molar-refractivity contribution in [1.82, 2.24) is 5.32 Å². The molecule has 0 bridgehead atoms. The van der Waals surface area contributed by atoms with Gasteiger partial charge in [-0.25, -0.2) is 8.78 Å². The number of rotatable bonds is 8. The van der Waals surface area contributed by atoms with E-state index < -0.39 is 48.7 Å². The molecule has 0 fully saturated rings. The molecular formula is C25H25ClF2NO5PS. The van der Waals surface area contributed by atoms with Crippen molar-refractivity contribution in [3.05, 3.63) is 75.8 Å². The number of nitrogens with one attached hydrogen (secondary N) is 1. The van der Waals surface area contributed by atoms with E-state index in [-0.39, 0.29) is 0 Å². The Morgan fingerprint density at radius 3 is 2.56 bits per heavy atom. The summed E-state index contributed by atoms with van der Waals surface area (Å²) in [5.41, 5.74) is -1.32. The molecule has 2 aromatic carbocycles. The van der Waals surface area contributed by atoms with Crippen molar-refractivity contribution in [2.24, 2.45) is 5.41 Å². The molecule has 2 unspecified atom stereocenters. The molecule has 0 saturated carbocycles. The Balaban J connectivity index is 1.89. The summed E-state index contributed by atoms with van der Waals surface area (Å²) in [5.74, 6) is -3.23. The number of esters is 1. The predicted molar refractivity (Wildman–Crippen MR) is 138 cm³/mol. The van der Waals surface area contributed by atoms with Crippen LogP contribution in [0.4, 0.5) is 8.78 Å². The summed E-state index contributed by atoms with van der Waals surface area (Å²) in [4.78, 5) is 25.4. The minimum absolute atomic E-state index is 0.309. The number of ether oxygens (including phenoxy) is 1. The lowest BCUT2D eigenvalue weighted by atomic mass is 9.98. The molecule has 6 nitrogen and oxygen atoms in total. The van der Waals surface area contributed by atoms with E-state index in [1.54, 1.807) is 44.4 Å². The van der Waals surface area contributed by atoms with Crippen LogP contribution in [0.25, 0.3) is 16.2 Å². The number of amides is 1. The Labute approximate surface area is 216 Å². The van der Waals surface area contributed by atoms with Gasteiger partial charge in [-0.05, 0) is 79.1 Å². The molecule has 36 heavy (non-hydrogen) atoms. The monoisotopic (exact) mass is 555 g/mol. The van der Waals surface area contributed by atoms with Crippen molar-refractivity contribution in [1.29, 1.82) is 0 Å². The van der Waals surface area contributed by atoms with Crippen LogP contribution in [0.5, 0.6) is 0 Å². The summed E-state index contributed by atoms with van der Waals surface area (Å²) in [6.45, 7) is 5.68. The lowest BCUT2D eigenvalue weighted by Crippen LogP contribution is -2.27. The zero-order valence-electron chi connectivity index (χ0n) is 20.0. The van der Waals surface area contributed by atoms with Crippen LogP contribution >= 0.6 is 30.3 Å². The molecule has 0 spiro atoms. The first-order valence-electron chi connectivity index (χ1n) is 10.8. The van der Waals surface area contributed by atoms with Crippen molar-refractivity contribution in [2.45, 2.75) is 26.4 Å². The predicted octanol–water partition coefficient (Wildman–Crippen LogP) is 7.13. The van der Waals surface area contributed by atoms with Crippen molar-refractivity contribution in [3.8, 4) is 0 Å². The van der Waals surface area contributed by atoms with E-state index in [0.717, 1.165) is 16.8 Å². The molecule has 0 saturated heterocycles. The first kappa shape index (κ1) is 28.0. The molecule has 11 heteroatoms. The van der Waals surface area contributed by atoms with Gasteiger partial charge < -0.3 is 10.1 Å². The Morgan fingerprint density at radius 2 is 1.89 bits per heavy atom. The molecule has 0 aliphatic rings. The van der Waals surface area contributed by atoms with Crippen LogP contribution in [0, 0.1) is 17.0 Å². The zero-order chi connectivity index (χ0) is 26.7. The minimum Gasteiger partial charge on any atom is -0.438 e. The first-order chi connectivity index (χ1) is 16.8. The molecule has 2 atom stereocenters. The normalized spacial score (nSPS) is 14.5. The first-order valence-corrected chi connectivity index (χ1v) is 14.2. The third kappa shape index (κ3) is 6.79. The zero-order valence-corrected chi connectivity index (χ0v) is 22.5. The highest BCUT2D eigenvalue weighted by molar-refractivity contribution is 7.59. The molecule has 1 heterocycles. The number of hydrogen-bond donors (Lipinski definition) is 1. The summed E-state index contributed by atoms with van der Waals surface area (Å²) in [7, 11) is -3.77. The lowest BCUT2D eigenvalue weighted by molar-refractivity contribution is -0.159. The highest BCUT2D eigenvalue weighted by Crippen LogP contribution is 2.59. The Bertz CT molecular complexity index is 1370. The quantitative estimate of drug-likeness (QED) is 0.182. The molecule has 3 aromatic rings. The fourth-order valence-electron chi connectivity index (χ4n) is 3.23. The summed E-state index contributed by atoms with van der Waals surface area (Å²) < 4.78 is 51.7. The van der Waals surface area contributed by atoms with Gasteiger partial charge in [-0.1, -0.05) is 17.7 Å². The van der Waals surface area contributed by atoms with Crippen LogP contribution < -0.4 is 5.32 Å². The summed E-state index contributed by atoms with van der Waals surface area (Å²) >= 11 is 7.50. The summed E-state index contributed by atoms with van der Waals surface area (Å²) in [6.07, 6.45) is 2.61. The molecule has 1 N–H and O–H groups in total. The van der Waals surface area contributed by atoms with Crippen LogP contribution in [-0.2, 0) is 23.4 Å². The van der Waals surface area contributed by atoms with Gasteiger partial charge >= 0.3 is 5.97 Å². The maximum Gasteiger partial charge on any atom is 0.313 e. The number of fused-ring (bicyclic) bond motifs is 1. The second kappa shape index (κ2) is 11.2. The van der Waals surface area contributed by atoms with E-state index >= 15 is 0 Å². The van der Waals surface area contributed by atoms with Gasteiger partial charge in [0, 0.05) is 22.6 Å².